The van der Waals surface area contributed by atoms with Crippen molar-refractivity contribution in [1.29, 1.82) is 0 Å². The van der Waals surface area contributed by atoms with Gasteiger partial charge in [-0.25, -0.2) is 0 Å². The third-order valence-electron chi connectivity index (χ3n) is 4.91. The van der Waals surface area contributed by atoms with Crippen molar-refractivity contribution < 1.29 is 14.4 Å². The topological polar surface area (TPSA) is 60.9 Å². The largest absolute Gasteiger partial charge is 0.368 e. The molecule has 0 radical (unpaired) electrons. The van der Waals surface area contributed by atoms with Crippen molar-refractivity contribution >= 4 is 40.0 Å². The smallest absolute Gasteiger partial charge is 0.227 e. The van der Waals surface area contributed by atoms with Crippen LogP contribution in [0.25, 0.3) is 0 Å². The molecule has 1 aromatic rings. The van der Waals surface area contributed by atoms with E-state index >= 15 is 0 Å². The minimum absolute atomic E-state index is 0.0709. The first kappa shape index (κ1) is 17.7. The highest BCUT2D eigenvalue weighted by atomic mass is 35.5. The Kier molecular flexibility index (Phi) is 5.27. The second kappa shape index (κ2) is 7.44. The zero-order valence-corrected chi connectivity index (χ0v) is 15.0. The molecule has 1 aromatic carbocycles. The van der Waals surface area contributed by atoms with Crippen LogP contribution >= 0.6 is 11.6 Å². The van der Waals surface area contributed by atoms with Gasteiger partial charge >= 0.3 is 0 Å². The quantitative estimate of drug-likeness (QED) is 0.766. The molecule has 0 aliphatic carbocycles. The minimum atomic E-state index is -0.452. The van der Waals surface area contributed by atoms with Crippen molar-refractivity contribution in [2.24, 2.45) is 5.92 Å². The first-order valence-corrected chi connectivity index (χ1v) is 9.00. The average Bonchev–Trinajstić information content (AvgIpc) is 3.03. The Hall–Kier alpha value is -2.08. The number of nitrogens with zero attached hydrogens (tertiary/aromatic N) is 3. The Balaban J connectivity index is 1.63. The van der Waals surface area contributed by atoms with Crippen LogP contribution in [0.3, 0.4) is 0 Å². The standard InChI is InChI=1S/C18H22ClN3O3/c1-2-16(23)21-9-7-20(8-10-21)14-3-5-15(6-4-14)22-12-13(18(19)25)11-17(22)24/h3-6,13H,2,7-12H2,1H3/t13-/m1/s1. The number of carbonyl (C=O) groups excluding carboxylic acids is 3. The first-order valence-electron chi connectivity index (χ1n) is 8.62. The van der Waals surface area contributed by atoms with Gasteiger partial charge in [0.15, 0.2) is 0 Å². The average molecular weight is 364 g/mol. The second-order valence-electron chi connectivity index (χ2n) is 6.45. The fourth-order valence-electron chi connectivity index (χ4n) is 3.39. The molecule has 2 aliphatic rings. The SMILES string of the molecule is CCC(=O)N1CCN(c2ccc(N3C[C@H](C(=O)Cl)CC3=O)cc2)CC1. The zero-order valence-electron chi connectivity index (χ0n) is 14.3. The van der Waals surface area contributed by atoms with Crippen molar-refractivity contribution in [1.82, 2.24) is 4.90 Å². The number of amides is 2. The van der Waals surface area contributed by atoms with Gasteiger partial charge in [-0.05, 0) is 35.9 Å². The van der Waals surface area contributed by atoms with Crippen LogP contribution < -0.4 is 9.80 Å². The van der Waals surface area contributed by atoms with Crippen LogP contribution in [0.2, 0.25) is 0 Å². The molecule has 2 heterocycles. The maximum atomic E-state index is 12.1. The summed E-state index contributed by atoms with van der Waals surface area (Å²) < 4.78 is 0. The first-order chi connectivity index (χ1) is 12.0. The van der Waals surface area contributed by atoms with E-state index in [0.29, 0.717) is 13.0 Å². The molecule has 7 heteroatoms. The Morgan fingerprint density at radius 3 is 2.20 bits per heavy atom. The Morgan fingerprint density at radius 1 is 1.08 bits per heavy atom. The summed E-state index contributed by atoms with van der Waals surface area (Å²) in [7, 11) is 0. The summed E-state index contributed by atoms with van der Waals surface area (Å²) in [6.45, 7) is 5.30. The molecule has 0 unspecified atom stereocenters. The molecule has 1 atom stereocenters. The molecule has 0 aromatic heterocycles. The summed E-state index contributed by atoms with van der Waals surface area (Å²) in [4.78, 5) is 40.8. The molecule has 2 amide bonds. The summed E-state index contributed by atoms with van der Waals surface area (Å²) in [6.07, 6.45) is 0.724. The van der Waals surface area contributed by atoms with Gasteiger partial charge in [-0.1, -0.05) is 6.92 Å². The third-order valence-corrected chi connectivity index (χ3v) is 5.22. The van der Waals surface area contributed by atoms with Gasteiger partial charge in [-0.2, -0.15) is 0 Å². The lowest BCUT2D eigenvalue weighted by Crippen LogP contribution is -2.48. The summed E-state index contributed by atoms with van der Waals surface area (Å²) >= 11 is 5.52. The normalized spacial score (nSPS) is 21.0. The fourth-order valence-corrected chi connectivity index (χ4v) is 3.54. The Morgan fingerprint density at radius 2 is 1.68 bits per heavy atom. The summed E-state index contributed by atoms with van der Waals surface area (Å²) in [6, 6.07) is 7.77. The van der Waals surface area contributed by atoms with E-state index in [2.05, 4.69) is 4.90 Å². The van der Waals surface area contributed by atoms with E-state index in [-0.39, 0.29) is 18.2 Å². The molecule has 3 rings (SSSR count). The Labute approximate surface area is 152 Å². The number of halogens is 1. The van der Waals surface area contributed by atoms with Crippen LogP contribution in [0, 0.1) is 5.92 Å². The van der Waals surface area contributed by atoms with Crippen LogP contribution in [0.4, 0.5) is 11.4 Å². The number of benzene rings is 1. The molecular formula is C18H22ClN3O3. The summed E-state index contributed by atoms with van der Waals surface area (Å²) in [5.74, 6) is -0.289. The lowest BCUT2D eigenvalue weighted by molar-refractivity contribution is -0.131. The van der Waals surface area contributed by atoms with Gasteiger partial charge in [0.05, 0.1) is 5.92 Å². The Bertz CT molecular complexity index is 669. The molecule has 2 saturated heterocycles. The number of carbonyl (C=O) groups is 3. The minimum Gasteiger partial charge on any atom is -0.368 e. The third kappa shape index (κ3) is 3.79. The lowest BCUT2D eigenvalue weighted by Gasteiger charge is -2.36. The van der Waals surface area contributed by atoms with Gasteiger partial charge < -0.3 is 14.7 Å². The molecule has 2 aliphatic heterocycles. The number of anilines is 2. The number of hydrogen-bond acceptors (Lipinski definition) is 4. The van der Waals surface area contributed by atoms with Crippen LogP contribution in [0.15, 0.2) is 24.3 Å². The van der Waals surface area contributed by atoms with Crippen LogP contribution in [-0.2, 0) is 14.4 Å². The number of rotatable bonds is 4. The second-order valence-corrected chi connectivity index (χ2v) is 6.82. The van der Waals surface area contributed by atoms with Gasteiger partial charge in [-0.3, -0.25) is 14.4 Å². The highest BCUT2D eigenvalue weighted by molar-refractivity contribution is 6.64. The van der Waals surface area contributed by atoms with Crippen molar-refractivity contribution in [3.8, 4) is 0 Å². The molecule has 0 spiro atoms. The molecule has 2 fully saturated rings. The van der Waals surface area contributed by atoms with E-state index < -0.39 is 11.2 Å². The van der Waals surface area contributed by atoms with Gasteiger partial charge in [0.2, 0.25) is 17.1 Å². The number of piperazine rings is 1. The van der Waals surface area contributed by atoms with Gasteiger partial charge in [0.1, 0.15) is 0 Å². The van der Waals surface area contributed by atoms with Crippen LogP contribution in [-0.4, -0.2) is 54.7 Å². The number of hydrogen-bond donors (Lipinski definition) is 0. The van der Waals surface area contributed by atoms with Crippen molar-refractivity contribution in [2.75, 3.05) is 42.5 Å². The van der Waals surface area contributed by atoms with E-state index in [4.69, 9.17) is 11.6 Å². The van der Waals surface area contributed by atoms with Crippen molar-refractivity contribution in [2.45, 2.75) is 19.8 Å². The molecule has 134 valence electrons. The highest BCUT2D eigenvalue weighted by Crippen LogP contribution is 2.28. The van der Waals surface area contributed by atoms with Crippen LogP contribution in [0.5, 0.6) is 0 Å². The summed E-state index contributed by atoms with van der Waals surface area (Å²) in [5, 5.41) is -0.452. The maximum absolute atomic E-state index is 12.1. The predicted molar refractivity (Wildman–Crippen MR) is 96.8 cm³/mol. The molecule has 0 bridgehead atoms. The summed E-state index contributed by atoms with van der Waals surface area (Å²) in [5.41, 5.74) is 1.86. The molecule has 0 N–H and O–H groups in total. The van der Waals surface area contributed by atoms with E-state index in [1.807, 2.05) is 36.1 Å². The van der Waals surface area contributed by atoms with E-state index in [1.165, 1.54) is 0 Å². The fraction of sp³-hybridized carbons (Fsp3) is 0.500. The molecule has 6 nitrogen and oxygen atoms in total. The lowest BCUT2D eigenvalue weighted by atomic mass is 10.1. The predicted octanol–water partition coefficient (Wildman–Crippen LogP) is 1.86. The van der Waals surface area contributed by atoms with E-state index in [1.54, 1.807) is 4.90 Å². The molecule has 0 saturated carbocycles. The van der Waals surface area contributed by atoms with Crippen LogP contribution in [0.1, 0.15) is 19.8 Å². The highest BCUT2D eigenvalue weighted by Gasteiger charge is 2.34. The van der Waals surface area contributed by atoms with Gasteiger partial charge in [0.25, 0.3) is 0 Å². The zero-order chi connectivity index (χ0) is 18.0. The van der Waals surface area contributed by atoms with E-state index in [9.17, 15) is 14.4 Å². The molecule has 25 heavy (non-hydrogen) atoms. The molecular weight excluding hydrogens is 342 g/mol. The van der Waals surface area contributed by atoms with Gasteiger partial charge in [-0.15, -0.1) is 0 Å². The monoisotopic (exact) mass is 363 g/mol. The van der Waals surface area contributed by atoms with E-state index in [0.717, 1.165) is 37.6 Å². The van der Waals surface area contributed by atoms with Gasteiger partial charge in [0, 0.05) is 56.9 Å². The van der Waals surface area contributed by atoms with Crippen molar-refractivity contribution in [3.63, 3.8) is 0 Å². The van der Waals surface area contributed by atoms with Crippen molar-refractivity contribution in [3.05, 3.63) is 24.3 Å². The maximum Gasteiger partial charge on any atom is 0.227 e.